The second kappa shape index (κ2) is 3.00. The maximum Gasteiger partial charge on any atom is 0.0166 e. The Labute approximate surface area is 76.9 Å². The van der Waals surface area contributed by atoms with Crippen LogP contribution in [0.1, 0.15) is 38.5 Å². The summed E-state index contributed by atoms with van der Waals surface area (Å²) in [7, 11) is 0. The summed E-state index contributed by atoms with van der Waals surface area (Å²) in [6, 6.07) is 0. The van der Waals surface area contributed by atoms with Gasteiger partial charge in [-0.25, -0.2) is 0 Å². The van der Waals surface area contributed by atoms with Crippen LogP contribution in [0.4, 0.5) is 0 Å². The van der Waals surface area contributed by atoms with Crippen molar-refractivity contribution in [3.63, 3.8) is 0 Å². The predicted octanol–water partition coefficient (Wildman–Crippen LogP) is 3.39. The third kappa shape index (κ3) is 1.21. The Morgan fingerprint density at radius 2 is 1.30 bits per heavy atom. The van der Waals surface area contributed by atoms with Crippen LogP contribution < -0.4 is 0 Å². The van der Waals surface area contributed by atoms with Crippen LogP contribution in [0.25, 0.3) is 0 Å². The maximum atomic E-state index is 2.70. The summed E-state index contributed by atoms with van der Waals surface area (Å²) >= 11 is 2.70. The lowest BCUT2D eigenvalue weighted by atomic mass is 9.72. The van der Waals surface area contributed by atoms with Crippen LogP contribution in [0.15, 0.2) is 0 Å². The molecule has 0 atom stereocenters. The SMILES string of the molecule is IC(C1CCC1)C1CCC1. The van der Waals surface area contributed by atoms with Gasteiger partial charge in [0.1, 0.15) is 0 Å². The highest BCUT2D eigenvalue weighted by Gasteiger charge is 2.33. The first kappa shape index (κ1) is 7.38. The first-order valence-corrected chi connectivity index (χ1v) is 5.76. The molecule has 0 heterocycles. The minimum atomic E-state index is 1.04. The highest BCUT2D eigenvalue weighted by molar-refractivity contribution is 14.1. The Hall–Kier alpha value is 0.730. The maximum absolute atomic E-state index is 2.70. The molecule has 0 saturated heterocycles. The zero-order valence-electron chi connectivity index (χ0n) is 6.35. The largest absolute Gasteiger partial charge is 0.0820 e. The van der Waals surface area contributed by atoms with Crippen molar-refractivity contribution in [2.75, 3.05) is 0 Å². The molecule has 2 saturated carbocycles. The van der Waals surface area contributed by atoms with E-state index < -0.39 is 0 Å². The first-order chi connectivity index (χ1) is 4.88. The van der Waals surface area contributed by atoms with Gasteiger partial charge >= 0.3 is 0 Å². The van der Waals surface area contributed by atoms with Gasteiger partial charge in [0.25, 0.3) is 0 Å². The van der Waals surface area contributed by atoms with Crippen molar-refractivity contribution in [2.24, 2.45) is 11.8 Å². The predicted molar refractivity (Wildman–Crippen MR) is 52.5 cm³/mol. The molecule has 0 aromatic carbocycles. The number of rotatable bonds is 2. The smallest absolute Gasteiger partial charge is 0.0166 e. The van der Waals surface area contributed by atoms with Crippen molar-refractivity contribution in [1.29, 1.82) is 0 Å². The molecule has 2 fully saturated rings. The molecule has 0 N–H and O–H groups in total. The molecule has 2 rings (SSSR count). The van der Waals surface area contributed by atoms with Gasteiger partial charge in [-0.2, -0.15) is 0 Å². The summed E-state index contributed by atoms with van der Waals surface area (Å²) in [5, 5.41) is 0. The van der Waals surface area contributed by atoms with E-state index in [1.54, 1.807) is 0 Å². The van der Waals surface area contributed by atoms with E-state index >= 15 is 0 Å². The molecule has 0 aliphatic heterocycles. The standard InChI is InChI=1S/C9H15I/c10-9(7-3-1-4-7)8-5-2-6-8/h7-9H,1-6H2. The third-order valence-electron chi connectivity index (χ3n) is 3.20. The summed E-state index contributed by atoms with van der Waals surface area (Å²) in [6.07, 6.45) is 9.15. The molecule has 2 aliphatic rings. The van der Waals surface area contributed by atoms with Crippen molar-refractivity contribution in [3.8, 4) is 0 Å². The minimum absolute atomic E-state index is 1.04. The average molecular weight is 250 g/mol. The van der Waals surface area contributed by atoms with E-state index in [0.29, 0.717) is 0 Å². The fourth-order valence-corrected chi connectivity index (χ4v) is 3.34. The van der Waals surface area contributed by atoms with Crippen LogP contribution >= 0.6 is 22.6 Å². The van der Waals surface area contributed by atoms with Crippen LogP contribution in [-0.2, 0) is 0 Å². The Morgan fingerprint density at radius 3 is 1.50 bits per heavy atom. The highest BCUT2D eigenvalue weighted by Crippen LogP contribution is 2.43. The number of hydrogen-bond acceptors (Lipinski definition) is 0. The van der Waals surface area contributed by atoms with Crippen molar-refractivity contribution in [3.05, 3.63) is 0 Å². The normalized spacial score (nSPS) is 28.2. The van der Waals surface area contributed by atoms with Crippen molar-refractivity contribution in [1.82, 2.24) is 0 Å². The second-order valence-electron chi connectivity index (χ2n) is 3.83. The van der Waals surface area contributed by atoms with E-state index in [4.69, 9.17) is 0 Å². The summed E-state index contributed by atoms with van der Waals surface area (Å²) in [5.74, 6) is 2.23. The van der Waals surface area contributed by atoms with Gasteiger partial charge in [0.05, 0.1) is 0 Å². The summed E-state index contributed by atoms with van der Waals surface area (Å²) in [4.78, 5) is 0. The molecule has 0 spiro atoms. The van der Waals surface area contributed by atoms with Gasteiger partial charge in [-0.05, 0) is 37.5 Å². The van der Waals surface area contributed by atoms with E-state index in [2.05, 4.69) is 22.6 Å². The Bertz CT molecular complexity index is 99.9. The van der Waals surface area contributed by atoms with E-state index in [1.165, 1.54) is 38.5 Å². The molecule has 0 unspecified atom stereocenters. The van der Waals surface area contributed by atoms with Gasteiger partial charge in [0, 0.05) is 3.92 Å². The van der Waals surface area contributed by atoms with E-state index in [-0.39, 0.29) is 0 Å². The lowest BCUT2D eigenvalue weighted by Gasteiger charge is -2.39. The molecule has 10 heavy (non-hydrogen) atoms. The zero-order valence-corrected chi connectivity index (χ0v) is 8.51. The number of alkyl halides is 1. The highest BCUT2D eigenvalue weighted by atomic mass is 127. The van der Waals surface area contributed by atoms with Crippen molar-refractivity contribution in [2.45, 2.75) is 42.4 Å². The van der Waals surface area contributed by atoms with Gasteiger partial charge < -0.3 is 0 Å². The summed E-state index contributed by atoms with van der Waals surface area (Å²) < 4.78 is 1.04. The number of hydrogen-bond donors (Lipinski definition) is 0. The van der Waals surface area contributed by atoms with Gasteiger partial charge in [-0.15, -0.1) is 0 Å². The molecular formula is C9H15I. The average Bonchev–Trinajstić information content (AvgIpc) is 1.52. The van der Waals surface area contributed by atoms with E-state index in [1.807, 2.05) is 0 Å². The molecule has 1 heteroatoms. The van der Waals surface area contributed by atoms with Crippen LogP contribution in [0, 0.1) is 11.8 Å². The lowest BCUT2D eigenvalue weighted by Crippen LogP contribution is -2.32. The molecule has 0 radical (unpaired) electrons. The molecule has 2 aliphatic carbocycles. The van der Waals surface area contributed by atoms with Crippen molar-refractivity contribution < 1.29 is 0 Å². The monoisotopic (exact) mass is 250 g/mol. The van der Waals surface area contributed by atoms with E-state index in [0.717, 1.165) is 15.8 Å². The summed E-state index contributed by atoms with van der Waals surface area (Å²) in [6.45, 7) is 0. The van der Waals surface area contributed by atoms with Gasteiger partial charge in [-0.3, -0.25) is 0 Å². The third-order valence-corrected chi connectivity index (χ3v) is 5.23. The molecule has 58 valence electrons. The Morgan fingerprint density at radius 1 is 0.900 bits per heavy atom. The molecule has 0 aromatic rings. The van der Waals surface area contributed by atoms with Gasteiger partial charge in [0.15, 0.2) is 0 Å². The minimum Gasteiger partial charge on any atom is -0.0820 e. The van der Waals surface area contributed by atoms with Gasteiger partial charge in [-0.1, -0.05) is 35.4 Å². The first-order valence-electron chi connectivity index (χ1n) is 4.52. The molecule has 0 aromatic heterocycles. The summed E-state index contributed by atoms with van der Waals surface area (Å²) in [5.41, 5.74) is 0. The lowest BCUT2D eigenvalue weighted by molar-refractivity contribution is 0.211. The molecule has 0 amide bonds. The number of halogens is 1. The second-order valence-corrected chi connectivity index (χ2v) is 5.26. The van der Waals surface area contributed by atoms with Crippen LogP contribution in [0.3, 0.4) is 0 Å². The Balaban J connectivity index is 1.79. The Kier molecular flexibility index (Phi) is 2.21. The topological polar surface area (TPSA) is 0 Å². The molecule has 0 bridgehead atoms. The zero-order chi connectivity index (χ0) is 6.97. The molecular weight excluding hydrogens is 235 g/mol. The fourth-order valence-electron chi connectivity index (χ4n) is 1.90. The van der Waals surface area contributed by atoms with Crippen LogP contribution in [0.2, 0.25) is 0 Å². The molecule has 0 nitrogen and oxygen atoms in total. The fraction of sp³-hybridized carbons (Fsp3) is 1.00. The van der Waals surface area contributed by atoms with Crippen LogP contribution in [-0.4, -0.2) is 3.92 Å². The quantitative estimate of drug-likeness (QED) is 0.520. The van der Waals surface area contributed by atoms with E-state index in [9.17, 15) is 0 Å². The van der Waals surface area contributed by atoms with Gasteiger partial charge in [0.2, 0.25) is 0 Å². The van der Waals surface area contributed by atoms with Crippen LogP contribution in [0.5, 0.6) is 0 Å². The van der Waals surface area contributed by atoms with Crippen molar-refractivity contribution >= 4 is 22.6 Å².